The van der Waals surface area contributed by atoms with Gasteiger partial charge in [0.25, 0.3) is 0 Å². The molecule has 0 saturated carbocycles. The molecule has 2 nitrogen and oxygen atoms in total. The van der Waals surface area contributed by atoms with Crippen molar-refractivity contribution in [2.75, 3.05) is 26.7 Å². The zero-order valence-corrected chi connectivity index (χ0v) is 12.2. The topological polar surface area (TPSA) is 15.3 Å². The van der Waals surface area contributed by atoms with Crippen molar-refractivity contribution in [1.29, 1.82) is 0 Å². The van der Waals surface area contributed by atoms with E-state index in [2.05, 4.69) is 56.2 Å². The van der Waals surface area contributed by atoms with E-state index in [0.717, 1.165) is 12.5 Å². The largest absolute Gasteiger partial charge is 0.310 e. The number of nitrogens with zero attached hydrogens (tertiary/aromatic N) is 1. The molecule has 1 aliphatic heterocycles. The Morgan fingerprint density at radius 2 is 2.17 bits per heavy atom. The minimum atomic E-state index is 0.455. The Labute approximate surface area is 111 Å². The molecule has 1 aromatic rings. The molecule has 2 unspecified atom stereocenters. The predicted octanol–water partition coefficient (Wildman–Crippen LogP) is 2.91. The first-order valence-electron chi connectivity index (χ1n) is 7.05. The zero-order valence-electron chi connectivity index (χ0n) is 12.2. The van der Waals surface area contributed by atoms with Crippen LogP contribution in [0.4, 0.5) is 0 Å². The summed E-state index contributed by atoms with van der Waals surface area (Å²) in [6.07, 6.45) is 1.34. The third-order valence-corrected chi connectivity index (χ3v) is 4.09. The van der Waals surface area contributed by atoms with Crippen LogP contribution in [0.1, 0.15) is 36.1 Å². The Morgan fingerprint density at radius 3 is 2.78 bits per heavy atom. The average molecular weight is 246 g/mol. The van der Waals surface area contributed by atoms with Crippen LogP contribution in [0.25, 0.3) is 0 Å². The lowest BCUT2D eigenvalue weighted by Crippen LogP contribution is -2.27. The van der Waals surface area contributed by atoms with Gasteiger partial charge in [-0.25, -0.2) is 0 Å². The van der Waals surface area contributed by atoms with Gasteiger partial charge in [-0.05, 0) is 64.4 Å². The van der Waals surface area contributed by atoms with Crippen LogP contribution in [0.3, 0.4) is 0 Å². The normalized spacial score (nSPS) is 22.3. The van der Waals surface area contributed by atoms with Crippen LogP contribution in [-0.4, -0.2) is 31.6 Å². The van der Waals surface area contributed by atoms with Crippen molar-refractivity contribution in [3.05, 3.63) is 34.9 Å². The molecule has 0 spiro atoms. The van der Waals surface area contributed by atoms with Crippen LogP contribution in [0.15, 0.2) is 18.2 Å². The predicted molar refractivity (Wildman–Crippen MR) is 77.9 cm³/mol. The highest BCUT2D eigenvalue weighted by molar-refractivity contribution is 5.32. The standard InChI is InChI=1S/C16H26N2/c1-12-5-6-16(13(2)9-12)14(3)17-10-15-7-8-18(4)11-15/h5-6,9,14-15,17H,7-8,10-11H2,1-4H3. The lowest BCUT2D eigenvalue weighted by atomic mass is 9.99. The van der Waals surface area contributed by atoms with Gasteiger partial charge in [-0.15, -0.1) is 0 Å². The summed E-state index contributed by atoms with van der Waals surface area (Å²) >= 11 is 0. The monoisotopic (exact) mass is 246 g/mol. The maximum Gasteiger partial charge on any atom is 0.0294 e. The number of rotatable bonds is 4. The molecule has 0 amide bonds. The summed E-state index contributed by atoms with van der Waals surface area (Å²) in [6.45, 7) is 10.3. The highest BCUT2D eigenvalue weighted by atomic mass is 15.1. The Morgan fingerprint density at radius 1 is 1.39 bits per heavy atom. The molecule has 18 heavy (non-hydrogen) atoms. The van der Waals surface area contributed by atoms with Gasteiger partial charge in [-0.2, -0.15) is 0 Å². The second-order valence-electron chi connectivity index (χ2n) is 5.91. The van der Waals surface area contributed by atoms with Crippen molar-refractivity contribution < 1.29 is 0 Å². The summed E-state index contributed by atoms with van der Waals surface area (Å²) in [5.41, 5.74) is 4.19. The quantitative estimate of drug-likeness (QED) is 0.879. The summed E-state index contributed by atoms with van der Waals surface area (Å²) in [4.78, 5) is 2.42. The fourth-order valence-corrected chi connectivity index (χ4v) is 2.96. The van der Waals surface area contributed by atoms with Gasteiger partial charge in [0, 0.05) is 12.6 Å². The average Bonchev–Trinajstić information content (AvgIpc) is 2.72. The van der Waals surface area contributed by atoms with E-state index in [-0.39, 0.29) is 0 Å². The van der Waals surface area contributed by atoms with Gasteiger partial charge < -0.3 is 10.2 Å². The first kappa shape index (κ1) is 13.6. The van der Waals surface area contributed by atoms with Gasteiger partial charge >= 0.3 is 0 Å². The third-order valence-electron chi connectivity index (χ3n) is 4.09. The summed E-state index contributed by atoms with van der Waals surface area (Å²) in [5, 5.41) is 3.70. The second kappa shape index (κ2) is 5.85. The molecular weight excluding hydrogens is 220 g/mol. The molecule has 1 heterocycles. The lowest BCUT2D eigenvalue weighted by Gasteiger charge is -2.19. The minimum absolute atomic E-state index is 0.455. The van der Waals surface area contributed by atoms with Crippen LogP contribution in [-0.2, 0) is 0 Å². The molecule has 1 fully saturated rings. The van der Waals surface area contributed by atoms with Crippen molar-refractivity contribution >= 4 is 0 Å². The highest BCUT2D eigenvalue weighted by Crippen LogP contribution is 2.20. The molecule has 1 aliphatic rings. The highest BCUT2D eigenvalue weighted by Gasteiger charge is 2.20. The molecule has 2 heteroatoms. The second-order valence-corrected chi connectivity index (χ2v) is 5.91. The maximum absolute atomic E-state index is 3.70. The van der Waals surface area contributed by atoms with E-state index in [1.165, 1.54) is 36.2 Å². The van der Waals surface area contributed by atoms with Gasteiger partial charge in [0.1, 0.15) is 0 Å². The van der Waals surface area contributed by atoms with Crippen LogP contribution in [0.2, 0.25) is 0 Å². The Balaban J connectivity index is 1.89. The molecule has 1 aromatic carbocycles. The number of aryl methyl sites for hydroxylation is 2. The van der Waals surface area contributed by atoms with Crippen LogP contribution in [0.5, 0.6) is 0 Å². The van der Waals surface area contributed by atoms with Gasteiger partial charge in [0.15, 0.2) is 0 Å². The van der Waals surface area contributed by atoms with Crippen molar-refractivity contribution in [3.63, 3.8) is 0 Å². The van der Waals surface area contributed by atoms with Crippen molar-refractivity contribution in [2.45, 2.75) is 33.2 Å². The SMILES string of the molecule is Cc1ccc(C(C)NCC2CCN(C)C2)c(C)c1. The molecule has 100 valence electrons. The molecule has 2 rings (SSSR count). The van der Waals surface area contributed by atoms with Crippen LogP contribution in [0, 0.1) is 19.8 Å². The maximum atomic E-state index is 3.70. The molecule has 2 atom stereocenters. The molecule has 0 bridgehead atoms. The van der Waals surface area contributed by atoms with Gasteiger partial charge in [0.2, 0.25) is 0 Å². The molecule has 1 N–H and O–H groups in total. The number of nitrogens with one attached hydrogen (secondary N) is 1. The van der Waals surface area contributed by atoms with E-state index in [0.29, 0.717) is 6.04 Å². The summed E-state index contributed by atoms with van der Waals surface area (Å²) < 4.78 is 0. The van der Waals surface area contributed by atoms with E-state index in [4.69, 9.17) is 0 Å². The minimum Gasteiger partial charge on any atom is -0.310 e. The molecule has 0 radical (unpaired) electrons. The fourth-order valence-electron chi connectivity index (χ4n) is 2.96. The van der Waals surface area contributed by atoms with Crippen molar-refractivity contribution in [3.8, 4) is 0 Å². The number of benzene rings is 1. The number of hydrogen-bond acceptors (Lipinski definition) is 2. The summed E-state index contributed by atoms with van der Waals surface area (Å²) in [5.74, 6) is 0.822. The molecule has 1 saturated heterocycles. The van der Waals surface area contributed by atoms with E-state index in [1.54, 1.807) is 0 Å². The fraction of sp³-hybridized carbons (Fsp3) is 0.625. The lowest BCUT2D eigenvalue weighted by molar-refractivity contribution is 0.382. The van der Waals surface area contributed by atoms with Crippen molar-refractivity contribution in [2.24, 2.45) is 5.92 Å². The van der Waals surface area contributed by atoms with Crippen molar-refractivity contribution in [1.82, 2.24) is 10.2 Å². The van der Waals surface area contributed by atoms with Crippen LogP contribution >= 0.6 is 0 Å². The summed E-state index contributed by atoms with van der Waals surface area (Å²) in [7, 11) is 2.22. The first-order chi connectivity index (χ1) is 8.56. The Bertz CT molecular complexity index is 400. The smallest absolute Gasteiger partial charge is 0.0294 e. The van der Waals surface area contributed by atoms with Crippen LogP contribution < -0.4 is 5.32 Å². The van der Waals surface area contributed by atoms with E-state index < -0.39 is 0 Å². The van der Waals surface area contributed by atoms with Gasteiger partial charge in [0.05, 0.1) is 0 Å². The molecule has 0 aliphatic carbocycles. The van der Waals surface area contributed by atoms with E-state index in [9.17, 15) is 0 Å². The summed E-state index contributed by atoms with van der Waals surface area (Å²) in [6, 6.07) is 7.21. The van der Waals surface area contributed by atoms with Gasteiger partial charge in [-0.1, -0.05) is 23.8 Å². The van der Waals surface area contributed by atoms with E-state index >= 15 is 0 Å². The Hall–Kier alpha value is -0.860. The third kappa shape index (κ3) is 3.33. The molecule has 0 aromatic heterocycles. The van der Waals surface area contributed by atoms with E-state index in [1.807, 2.05) is 0 Å². The number of likely N-dealkylation sites (tertiary alicyclic amines) is 1. The van der Waals surface area contributed by atoms with Gasteiger partial charge in [-0.3, -0.25) is 0 Å². The molecular formula is C16H26N2. The Kier molecular flexibility index (Phi) is 4.41. The first-order valence-corrected chi connectivity index (χ1v) is 7.05. The number of hydrogen-bond donors (Lipinski definition) is 1. The zero-order chi connectivity index (χ0) is 13.1.